The van der Waals surface area contributed by atoms with E-state index in [4.69, 9.17) is 18.9 Å². The molecule has 0 aromatic rings. The number of carbonyl (C=O) groups is 1. The molecule has 0 spiro atoms. The van der Waals surface area contributed by atoms with Gasteiger partial charge in [-0.15, -0.1) is 0 Å². The van der Waals surface area contributed by atoms with E-state index >= 15 is 0 Å². The summed E-state index contributed by atoms with van der Waals surface area (Å²) in [5, 5.41) is 86.6. The molecule has 0 aliphatic carbocycles. The third-order valence-corrected chi connectivity index (χ3v) is 11.9. The summed E-state index contributed by atoms with van der Waals surface area (Å²) < 4.78 is 22.6. The Bertz CT molecular complexity index is 1320. The highest BCUT2D eigenvalue weighted by molar-refractivity contribution is 5.76. The summed E-state index contributed by atoms with van der Waals surface area (Å²) in [4.78, 5) is 13.2. The van der Waals surface area contributed by atoms with Gasteiger partial charge < -0.3 is 65.1 Å². The van der Waals surface area contributed by atoms with E-state index < -0.39 is 86.8 Å². The number of aliphatic hydroxyl groups is 8. The molecule has 2 heterocycles. The van der Waals surface area contributed by atoms with Crippen LogP contribution in [0.15, 0.2) is 60.8 Å². The maximum atomic E-state index is 13.2. The van der Waals surface area contributed by atoms with Crippen molar-refractivity contribution in [3.8, 4) is 0 Å². The Hall–Kier alpha value is -2.31. The molecule has 376 valence electrons. The van der Waals surface area contributed by atoms with Crippen molar-refractivity contribution in [2.45, 2.75) is 235 Å². The minimum atomic E-state index is -1.79. The van der Waals surface area contributed by atoms with Gasteiger partial charge in [0.05, 0.1) is 32.0 Å². The van der Waals surface area contributed by atoms with E-state index in [-0.39, 0.29) is 18.9 Å². The van der Waals surface area contributed by atoms with Gasteiger partial charge in [0, 0.05) is 6.42 Å². The van der Waals surface area contributed by atoms with Crippen molar-refractivity contribution >= 4 is 5.91 Å². The molecule has 2 rings (SSSR count). The Morgan fingerprint density at radius 1 is 0.554 bits per heavy atom. The Kier molecular flexibility index (Phi) is 34.1. The number of carbonyl (C=O) groups excluding carboxylic acids is 1. The van der Waals surface area contributed by atoms with Crippen LogP contribution in [0.3, 0.4) is 0 Å². The number of unbranched alkanes of at least 4 members (excludes halogenated alkanes) is 16. The number of nitrogens with one attached hydrogen (secondary N) is 1. The maximum Gasteiger partial charge on any atom is 0.220 e. The van der Waals surface area contributed by atoms with Gasteiger partial charge in [-0.1, -0.05) is 139 Å². The SMILES string of the molecule is CCCCC/C=C/CC/C=C/CC/C=C/C(O)C(COC1OC(CO)C(OC2OC(CO)C(O)C(O)C2O)C(O)C1O)NC(=O)CCCCCCCCC/C=C\C/C=C\CCCCCC. The van der Waals surface area contributed by atoms with Gasteiger partial charge in [-0.05, 0) is 77.0 Å². The zero-order valence-electron chi connectivity index (χ0n) is 39.7. The van der Waals surface area contributed by atoms with Crippen LogP contribution in [0, 0.1) is 0 Å². The van der Waals surface area contributed by atoms with Crippen LogP contribution in [-0.4, -0.2) is 140 Å². The topological polar surface area (TPSA) is 228 Å². The molecular weight excluding hydrogens is 835 g/mol. The lowest BCUT2D eigenvalue weighted by atomic mass is 9.97. The van der Waals surface area contributed by atoms with E-state index in [1.54, 1.807) is 6.08 Å². The fourth-order valence-corrected chi connectivity index (χ4v) is 7.76. The molecule has 9 N–H and O–H groups in total. The molecule has 12 unspecified atom stereocenters. The molecule has 0 bridgehead atoms. The monoisotopic (exact) mass is 924 g/mol. The van der Waals surface area contributed by atoms with Crippen LogP contribution in [0.4, 0.5) is 0 Å². The summed E-state index contributed by atoms with van der Waals surface area (Å²) in [5.41, 5.74) is 0. The summed E-state index contributed by atoms with van der Waals surface area (Å²) in [5.74, 6) is -0.266. The molecule has 0 aromatic carbocycles. The Morgan fingerprint density at radius 2 is 1.03 bits per heavy atom. The van der Waals surface area contributed by atoms with Crippen molar-refractivity contribution in [2.24, 2.45) is 0 Å². The lowest BCUT2D eigenvalue weighted by Gasteiger charge is -2.46. The first kappa shape index (κ1) is 58.8. The molecule has 65 heavy (non-hydrogen) atoms. The third-order valence-electron chi connectivity index (χ3n) is 11.9. The average molecular weight is 924 g/mol. The highest BCUT2D eigenvalue weighted by atomic mass is 16.7. The fourth-order valence-electron chi connectivity index (χ4n) is 7.76. The lowest BCUT2D eigenvalue weighted by Crippen LogP contribution is -2.65. The van der Waals surface area contributed by atoms with Crippen molar-refractivity contribution in [1.82, 2.24) is 5.32 Å². The highest BCUT2D eigenvalue weighted by Gasteiger charge is 2.51. The van der Waals surface area contributed by atoms with Gasteiger partial charge in [0.2, 0.25) is 5.91 Å². The molecule has 14 heteroatoms. The van der Waals surface area contributed by atoms with Crippen LogP contribution in [0.1, 0.15) is 162 Å². The summed E-state index contributed by atoms with van der Waals surface area (Å²) in [6.07, 6.45) is 28.3. The molecule has 2 fully saturated rings. The largest absolute Gasteiger partial charge is 0.394 e. The van der Waals surface area contributed by atoms with Gasteiger partial charge in [-0.2, -0.15) is 0 Å². The van der Waals surface area contributed by atoms with Gasteiger partial charge >= 0.3 is 0 Å². The van der Waals surface area contributed by atoms with Crippen LogP contribution in [0.5, 0.6) is 0 Å². The predicted octanol–water partition coefficient (Wildman–Crippen LogP) is 6.27. The van der Waals surface area contributed by atoms with Crippen LogP contribution >= 0.6 is 0 Å². The lowest BCUT2D eigenvalue weighted by molar-refractivity contribution is -0.359. The summed E-state index contributed by atoms with van der Waals surface area (Å²) in [6, 6.07) is -0.942. The molecule has 14 nitrogen and oxygen atoms in total. The number of hydrogen-bond donors (Lipinski definition) is 9. The average Bonchev–Trinajstić information content (AvgIpc) is 3.30. The maximum absolute atomic E-state index is 13.2. The van der Waals surface area contributed by atoms with E-state index in [0.717, 1.165) is 64.2 Å². The standard InChI is InChI=1S/C51H89NO13/c1-3-5-7-9-11-13-15-17-18-19-20-21-23-25-27-29-31-33-35-43(56)52-39(40(55)34-32-30-28-26-24-22-16-14-12-10-8-6-4-2)38-62-50-48(61)46(59)49(42(37-54)64-50)65-51-47(60)45(58)44(57)41(36-53)63-51/h12-15,18-19,24,26,32,34,39-42,44-51,53-55,57-61H,3-11,16-17,20-23,25,27-31,33,35-38H2,1-2H3,(H,52,56)/b14-12+,15-13-,19-18-,26-24+,34-32+. The van der Waals surface area contributed by atoms with Gasteiger partial charge in [-0.25, -0.2) is 0 Å². The smallest absolute Gasteiger partial charge is 0.220 e. The number of rotatable bonds is 37. The zero-order chi connectivity index (χ0) is 47.5. The molecule has 1 amide bonds. The molecule has 0 saturated carbocycles. The predicted molar refractivity (Wildman–Crippen MR) is 254 cm³/mol. The number of ether oxygens (including phenoxy) is 4. The van der Waals surface area contributed by atoms with Crippen molar-refractivity contribution in [2.75, 3.05) is 19.8 Å². The van der Waals surface area contributed by atoms with Crippen LogP contribution in [-0.2, 0) is 23.7 Å². The van der Waals surface area contributed by atoms with Gasteiger partial charge in [-0.3, -0.25) is 4.79 Å². The van der Waals surface area contributed by atoms with Crippen molar-refractivity contribution < 1.29 is 64.6 Å². The van der Waals surface area contributed by atoms with E-state index in [1.807, 2.05) is 6.08 Å². The van der Waals surface area contributed by atoms with Crippen molar-refractivity contribution in [1.29, 1.82) is 0 Å². The number of amides is 1. The second kappa shape index (κ2) is 37.6. The number of hydrogen-bond acceptors (Lipinski definition) is 13. The zero-order valence-corrected chi connectivity index (χ0v) is 39.7. The normalized spacial score (nSPS) is 27.5. The van der Waals surface area contributed by atoms with Gasteiger partial charge in [0.1, 0.15) is 48.8 Å². The molecule has 2 saturated heterocycles. The third kappa shape index (κ3) is 25.0. The summed E-state index contributed by atoms with van der Waals surface area (Å²) >= 11 is 0. The first-order valence-electron chi connectivity index (χ1n) is 25.0. The summed E-state index contributed by atoms with van der Waals surface area (Å²) in [7, 11) is 0. The minimum absolute atomic E-state index is 0.258. The second-order valence-corrected chi connectivity index (χ2v) is 17.6. The molecule has 12 atom stereocenters. The fraction of sp³-hybridized carbons (Fsp3) is 0.784. The number of allylic oxidation sites excluding steroid dienone is 9. The quantitative estimate of drug-likeness (QED) is 0.0248. The van der Waals surface area contributed by atoms with E-state index in [9.17, 15) is 45.6 Å². The Morgan fingerprint density at radius 3 is 1.63 bits per heavy atom. The van der Waals surface area contributed by atoms with Crippen LogP contribution in [0.2, 0.25) is 0 Å². The molecule has 0 radical (unpaired) electrons. The van der Waals surface area contributed by atoms with Crippen molar-refractivity contribution in [3.05, 3.63) is 60.8 Å². The van der Waals surface area contributed by atoms with Crippen LogP contribution < -0.4 is 5.32 Å². The number of aliphatic hydroxyl groups excluding tert-OH is 8. The first-order valence-corrected chi connectivity index (χ1v) is 25.0. The highest BCUT2D eigenvalue weighted by Crippen LogP contribution is 2.30. The molecule has 0 aromatic heterocycles. The van der Waals surface area contributed by atoms with Gasteiger partial charge in [0.15, 0.2) is 12.6 Å². The molecular formula is C51H89NO13. The first-order chi connectivity index (χ1) is 31.6. The van der Waals surface area contributed by atoms with E-state index in [0.29, 0.717) is 12.8 Å². The van der Waals surface area contributed by atoms with Gasteiger partial charge in [0.25, 0.3) is 0 Å². The van der Waals surface area contributed by atoms with Crippen molar-refractivity contribution in [3.63, 3.8) is 0 Å². The second-order valence-electron chi connectivity index (χ2n) is 17.6. The Labute approximate surface area is 390 Å². The summed E-state index contributed by atoms with van der Waals surface area (Å²) in [6.45, 7) is 2.68. The van der Waals surface area contributed by atoms with Crippen LogP contribution in [0.25, 0.3) is 0 Å². The Balaban J connectivity index is 1.87. The van der Waals surface area contributed by atoms with E-state index in [1.165, 1.54) is 64.2 Å². The molecule has 2 aliphatic rings. The van der Waals surface area contributed by atoms with E-state index in [2.05, 4.69) is 67.8 Å². The minimum Gasteiger partial charge on any atom is -0.394 e. The molecule has 2 aliphatic heterocycles.